The van der Waals surface area contributed by atoms with Gasteiger partial charge in [0.15, 0.2) is 5.96 Å². The summed E-state index contributed by atoms with van der Waals surface area (Å²) in [7, 11) is 3.33. The molecular weight excluding hydrogens is 316 g/mol. The van der Waals surface area contributed by atoms with Crippen LogP contribution in [0.5, 0.6) is 5.75 Å². The SMILES string of the molecule is CN=C(NCc1nc(C)c(C)o1)NCc1ccc(Cl)cc1OC. The molecule has 1 heterocycles. The second-order valence-electron chi connectivity index (χ2n) is 4.98. The first kappa shape index (κ1) is 17.1. The Labute approximate surface area is 140 Å². The van der Waals surface area contributed by atoms with Crippen molar-refractivity contribution in [2.75, 3.05) is 14.2 Å². The first-order valence-electron chi connectivity index (χ1n) is 7.23. The standard InChI is InChI=1S/C16H21ClN4O2/c1-10-11(2)23-15(21-10)9-20-16(18-3)19-8-12-5-6-13(17)7-14(12)22-4/h5-7H,8-9H2,1-4H3,(H2,18,19,20). The maximum atomic E-state index is 5.96. The molecule has 0 spiro atoms. The lowest BCUT2D eigenvalue weighted by molar-refractivity contribution is 0.409. The van der Waals surface area contributed by atoms with Gasteiger partial charge in [-0.1, -0.05) is 17.7 Å². The Kier molecular flexibility index (Phi) is 5.87. The van der Waals surface area contributed by atoms with E-state index in [0.29, 0.717) is 30.0 Å². The fourth-order valence-electron chi connectivity index (χ4n) is 2.04. The quantitative estimate of drug-likeness (QED) is 0.649. The second kappa shape index (κ2) is 7.87. The van der Waals surface area contributed by atoms with E-state index in [9.17, 15) is 0 Å². The minimum Gasteiger partial charge on any atom is -0.496 e. The van der Waals surface area contributed by atoms with Gasteiger partial charge < -0.3 is 19.8 Å². The number of benzene rings is 1. The largest absolute Gasteiger partial charge is 0.496 e. The third-order valence-electron chi connectivity index (χ3n) is 3.40. The second-order valence-corrected chi connectivity index (χ2v) is 5.42. The highest BCUT2D eigenvalue weighted by Gasteiger charge is 2.08. The molecule has 0 atom stereocenters. The zero-order chi connectivity index (χ0) is 16.8. The maximum absolute atomic E-state index is 5.96. The van der Waals surface area contributed by atoms with Crippen molar-refractivity contribution < 1.29 is 9.15 Å². The molecule has 0 saturated carbocycles. The molecule has 2 rings (SSSR count). The number of aromatic nitrogens is 1. The summed E-state index contributed by atoms with van der Waals surface area (Å²) in [4.78, 5) is 8.50. The van der Waals surface area contributed by atoms with Crippen molar-refractivity contribution in [3.8, 4) is 5.75 Å². The van der Waals surface area contributed by atoms with E-state index in [0.717, 1.165) is 22.8 Å². The predicted octanol–water partition coefficient (Wildman–Crippen LogP) is 2.82. The lowest BCUT2D eigenvalue weighted by Gasteiger charge is -2.13. The molecule has 0 bridgehead atoms. The number of methoxy groups -OCH3 is 1. The Bertz CT molecular complexity index is 678. The number of hydrogen-bond donors (Lipinski definition) is 2. The number of ether oxygens (including phenoxy) is 1. The van der Waals surface area contributed by atoms with Crippen molar-refractivity contribution >= 4 is 17.6 Å². The number of rotatable bonds is 5. The summed E-state index contributed by atoms with van der Waals surface area (Å²) in [6, 6.07) is 5.53. The van der Waals surface area contributed by atoms with Crippen molar-refractivity contribution in [2.24, 2.45) is 4.99 Å². The number of nitrogens with one attached hydrogen (secondary N) is 2. The highest BCUT2D eigenvalue weighted by atomic mass is 35.5. The van der Waals surface area contributed by atoms with E-state index < -0.39 is 0 Å². The highest BCUT2D eigenvalue weighted by molar-refractivity contribution is 6.30. The number of aliphatic imine (C=N–C) groups is 1. The predicted molar refractivity (Wildman–Crippen MR) is 91.0 cm³/mol. The molecule has 0 amide bonds. The van der Waals surface area contributed by atoms with Crippen LogP contribution in [0.25, 0.3) is 0 Å². The third kappa shape index (κ3) is 4.63. The van der Waals surface area contributed by atoms with Gasteiger partial charge in [-0.3, -0.25) is 4.99 Å². The van der Waals surface area contributed by atoms with Gasteiger partial charge in [-0.25, -0.2) is 4.98 Å². The number of halogens is 1. The van der Waals surface area contributed by atoms with Crippen molar-refractivity contribution in [3.63, 3.8) is 0 Å². The summed E-state index contributed by atoms with van der Waals surface area (Å²) >= 11 is 5.96. The zero-order valence-electron chi connectivity index (χ0n) is 13.7. The fourth-order valence-corrected chi connectivity index (χ4v) is 2.20. The topological polar surface area (TPSA) is 71.7 Å². The Balaban J connectivity index is 1.93. The molecule has 1 aromatic heterocycles. The van der Waals surface area contributed by atoms with Crippen LogP contribution in [0.1, 0.15) is 22.9 Å². The van der Waals surface area contributed by atoms with Crippen LogP contribution >= 0.6 is 11.6 Å². The summed E-state index contributed by atoms with van der Waals surface area (Å²) in [5.74, 6) is 2.84. The van der Waals surface area contributed by atoms with E-state index in [2.05, 4.69) is 20.6 Å². The number of guanidine groups is 1. The molecule has 124 valence electrons. The van der Waals surface area contributed by atoms with Crippen molar-refractivity contribution in [2.45, 2.75) is 26.9 Å². The Morgan fingerprint density at radius 1 is 1.30 bits per heavy atom. The monoisotopic (exact) mass is 336 g/mol. The van der Waals surface area contributed by atoms with Gasteiger partial charge in [0.05, 0.1) is 19.3 Å². The molecule has 0 saturated heterocycles. The van der Waals surface area contributed by atoms with Gasteiger partial charge in [0.1, 0.15) is 11.5 Å². The minimum absolute atomic E-state index is 0.464. The van der Waals surface area contributed by atoms with E-state index in [1.54, 1.807) is 20.2 Å². The summed E-state index contributed by atoms with van der Waals surface area (Å²) in [5, 5.41) is 7.02. The molecule has 1 aromatic carbocycles. The van der Waals surface area contributed by atoms with Crippen LogP contribution in [0.15, 0.2) is 27.6 Å². The lowest BCUT2D eigenvalue weighted by Crippen LogP contribution is -2.36. The van der Waals surface area contributed by atoms with E-state index in [4.69, 9.17) is 20.8 Å². The first-order chi connectivity index (χ1) is 11.0. The normalized spacial score (nSPS) is 11.4. The van der Waals surface area contributed by atoms with Gasteiger partial charge in [0.25, 0.3) is 0 Å². The fraction of sp³-hybridized carbons (Fsp3) is 0.375. The van der Waals surface area contributed by atoms with Crippen molar-refractivity contribution in [1.82, 2.24) is 15.6 Å². The molecule has 0 aliphatic carbocycles. The third-order valence-corrected chi connectivity index (χ3v) is 3.63. The molecular formula is C16H21ClN4O2. The van der Waals surface area contributed by atoms with Crippen LogP contribution in [0.3, 0.4) is 0 Å². The molecule has 0 aliphatic heterocycles. The van der Waals surface area contributed by atoms with Crippen LogP contribution in [-0.2, 0) is 13.1 Å². The van der Waals surface area contributed by atoms with E-state index >= 15 is 0 Å². The number of nitrogens with zero attached hydrogens (tertiary/aromatic N) is 2. The van der Waals surface area contributed by atoms with Crippen LogP contribution in [-0.4, -0.2) is 25.1 Å². The molecule has 0 radical (unpaired) electrons. The molecule has 6 nitrogen and oxygen atoms in total. The molecule has 0 fully saturated rings. The van der Waals surface area contributed by atoms with Crippen LogP contribution < -0.4 is 15.4 Å². The van der Waals surface area contributed by atoms with Gasteiger partial charge in [0, 0.05) is 24.2 Å². The number of aryl methyl sites for hydroxylation is 2. The van der Waals surface area contributed by atoms with Crippen molar-refractivity contribution in [3.05, 3.63) is 46.1 Å². The van der Waals surface area contributed by atoms with E-state index in [1.807, 2.05) is 26.0 Å². The van der Waals surface area contributed by atoms with E-state index in [-0.39, 0.29) is 0 Å². The zero-order valence-corrected chi connectivity index (χ0v) is 14.5. The van der Waals surface area contributed by atoms with Gasteiger partial charge in [-0.2, -0.15) is 0 Å². The average molecular weight is 337 g/mol. The molecule has 2 aromatic rings. The Morgan fingerprint density at radius 3 is 2.65 bits per heavy atom. The molecule has 0 aliphatic rings. The van der Waals surface area contributed by atoms with Crippen molar-refractivity contribution in [1.29, 1.82) is 0 Å². The molecule has 7 heteroatoms. The van der Waals surface area contributed by atoms with Gasteiger partial charge in [-0.15, -0.1) is 0 Å². The van der Waals surface area contributed by atoms with Crippen LogP contribution in [0, 0.1) is 13.8 Å². The summed E-state index contributed by atoms with van der Waals surface area (Å²) in [6.07, 6.45) is 0. The smallest absolute Gasteiger partial charge is 0.214 e. The average Bonchev–Trinajstić information content (AvgIpc) is 2.86. The number of hydrogen-bond acceptors (Lipinski definition) is 4. The van der Waals surface area contributed by atoms with Gasteiger partial charge >= 0.3 is 0 Å². The molecule has 2 N–H and O–H groups in total. The molecule has 23 heavy (non-hydrogen) atoms. The number of oxazole rings is 1. The Morgan fingerprint density at radius 2 is 2.04 bits per heavy atom. The van der Waals surface area contributed by atoms with Gasteiger partial charge in [-0.05, 0) is 26.0 Å². The van der Waals surface area contributed by atoms with E-state index in [1.165, 1.54) is 0 Å². The van der Waals surface area contributed by atoms with Crippen LogP contribution in [0.2, 0.25) is 5.02 Å². The highest BCUT2D eigenvalue weighted by Crippen LogP contribution is 2.22. The van der Waals surface area contributed by atoms with Gasteiger partial charge in [0.2, 0.25) is 5.89 Å². The first-order valence-corrected chi connectivity index (χ1v) is 7.61. The lowest BCUT2D eigenvalue weighted by atomic mass is 10.2. The Hall–Kier alpha value is -2.21. The minimum atomic E-state index is 0.464. The van der Waals surface area contributed by atoms with Crippen LogP contribution in [0.4, 0.5) is 0 Å². The summed E-state index contributed by atoms with van der Waals surface area (Å²) in [5.41, 5.74) is 1.89. The summed E-state index contributed by atoms with van der Waals surface area (Å²) < 4.78 is 10.9. The summed E-state index contributed by atoms with van der Waals surface area (Å²) in [6.45, 7) is 4.84. The maximum Gasteiger partial charge on any atom is 0.214 e. The molecule has 0 unspecified atom stereocenters.